The highest BCUT2D eigenvalue weighted by molar-refractivity contribution is 6.33. The van der Waals surface area contributed by atoms with Crippen LogP contribution in [0.5, 0.6) is 5.75 Å². The number of anilines is 1. The maximum absolute atomic E-state index is 5.94. The third-order valence-corrected chi connectivity index (χ3v) is 2.79. The third kappa shape index (κ3) is 3.14. The quantitative estimate of drug-likeness (QED) is 0.837. The summed E-state index contributed by atoms with van der Waals surface area (Å²) in [5.41, 5.74) is 8.42. The van der Waals surface area contributed by atoms with Crippen molar-refractivity contribution in [1.29, 1.82) is 0 Å². The summed E-state index contributed by atoms with van der Waals surface area (Å²) in [7, 11) is 0. The molecule has 0 bridgehead atoms. The summed E-state index contributed by atoms with van der Waals surface area (Å²) in [6.07, 6.45) is 0. The highest BCUT2D eigenvalue weighted by atomic mass is 35.5. The standard InChI is InChI=1S/C14H14ClNO/c1-10-3-2-4-12(7-10)17-9-11-5-6-14(16)13(15)8-11/h2-8H,9,16H2,1H3. The van der Waals surface area contributed by atoms with Crippen molar-refractivity contribution in [2.75, 3.05) is 5.73 Å². The number of rotatable bonds is 3. The van der Waals surface area contributed by atoms with E-state index in [1.54, 1.807) is 6.07 Å². The molecule has 0 saturated heterocycles. The normalized spacial score (nSPS) is 10.2. The number of hydrogen-bond acceptors (Lipinski definition) is 2. The van der Waals surface area contributed by atoms with Crippen molar-refractivity contribution in [3.63, 3.8) is 0 Å². The minimum atomic E-state index is 0.490. The molecule has 0 heterocycles. The number of nitrogen functional groups attached to an aromatic ring is 1. The van der Waals surface area contributed by atoms with E-state index in [1.807, 2.05) is 43.3 Å². The molecule has 0 unspecified atom stereocenters. The fraction of sp³-hybridized carbons (Fsp3) is 0.143. The first-order valence-corrected chi connectivity index (χ1v) is 5.76. The SMILES string of the molecule is Cc1cccc(OCc2ccc(N)c(Cl)c2)c1. The Balaban J connectivity index is 2.05. The predicted octanol–water partition coefficient (Wildman–Crippen LogP) is 3.81. The lowest BCUT2D eigenvalue weighted by molar-refractivity contribution is 0.306. The van der Waals surface area contributed by atoms with Crippen molar-refractivity contribution in [3.05, 3.63) is 58.6 Å². The van der Waals surface area contributed by atoms with Gasteiger partial charge >= 0.3 is 0 Å². The molecule has 0 saturated carbocycles. The van der Waals surface area contributed by atoms with Crippen LogP contribution in [0.25, 0.3) is 0 Å². The molecule has 2 aromatic rings. The molecule has 2 N–H and O–H groups in total. The van der Waals surface area contributed by atoms with E-state index in [0.717, 1.165) is 11.3 Å². The van der Waals surface area contributed by atoms with E-state index < -0.39 is 0 Å². The average molecular weight is 248 g/mol. The van der Waals surface area contributed by atoms with E-state index in [1.165, 1.54) is 5.56 Å². The smallest absolute Gasteiger partial charge is 0.120 e. The largest absolute Gasteiger partial charge is 0.489 e. The van der Waals surface area contributed by atoms with Gasteiger partial charge in [0.2, 0.25) is 0 Å². The molecule has 2 aromatic carbocycles. The monoisotopic (exact) mass is 247 g/mol. The number of nitrogens with two attached hydrogens (primary N) is 1. The van der Waals surface area contributed by atoms with E-state index in [0.29, 0.717) is 17.3 Å². The first-order valence-electron chi connectivity index (χ1n) is 5.38. The molecule has 0 aromatic heterocycles. The van der Waals surface area contributed by atoms with Crippen LogP contribution in [-0.2, 0) is 6.61 Å². The summed E-state index contributed by atoms with van der Waals surface area (Å²) in [4.78, 5) is 0. The molecule has 17 heavy (non-hydrogen) atoms. The molecular formula is C14H14ClNO. The van der Waals surface area contributed by atoms with Gasteiger partial charge in [-0.1, -0.05) is 29.8 Å². The van der Waals surface area contributed by atoms with Crippen molar-refractivity contribution >= 4 is 17.3 Å². The van der Waals surface area contributed by atoms with Crippen molar-refractivity contribution in [2.24, 2.45) is 0 Å². The third-order valence-electron chi connectivity index (χ3n) is 2.46. The van der Waals surface area contributed by atoms with Crippen molar-refractivity contribution in [1.82, 2.24) is 0 Å². The Hall–Kier alpha value is -1.67. The minimum absolute atomic E-state index is 0.490. The second-order valence-electron chi connectivity index (χ2n) is 3.96. The molecule has 0 aliphatic rings. The Bertz CT molecular complexity index is 525. The zero-order valence-electron chi connectivity index (χ0n) is 9.61. The lowest BCUT2D eigenvalue weighted by Crippen LogP contribution is -1.96. The first kappa shape index (κ1) is 11.8. The van der Waals surface area contributed by atoms with E-state index in [2.05, 4.69) is 0 Å². The van der Waals surface area contributed by atoms with Gasteiger partial charge in [-0.15, -0.1) is 0 Å². The Labute approximate surface area is 106 Å². The van der Waals surface area contributed by atoms with Crippen LogP contribution in [0, 0.1) is 6.92 Å². The van der Waals surface area contributed by atoms with Crippen LogP contribution in [-0.4, -0.2) is 0 Å². The summed E-state index contributed by atoms with van der Waals surface area (Å²) in [5.74, 6) is 0.859. The van der Waals surface area contributed by atoms with Crippen molar-refractivity contribution < 1.29 is 4.74 Å². The van der Waals surface area contributed by atoms with Gasteiger partial charge in [0.25, 0.3) is 0 Å². The summed E-state index contributed by atoms with van der Waals surface area (Å²) in [6.45, 7) is 2.52. The van der Waals surface area contributed by atoms with Gasteiger partial charge in [0.15, 0.2) is 0 Å². The Morgan fingerprint density at radius 1 is 1.18 bits per heavy atom. The van der Waals surface area contributed by atoms with Crippen LogP contribution < -0.4 is 10.5 Å². The highest BCUT2D eigenvalue weighted by Crippen LogP contribution is 2.21. The van der Waals surface area contributed by atoms with Gasteiger partial charge in [0, 0.05) is 0 Å². The topological polar surface area (TPSA) is 35.2 Å². The Morgan fingerprint density at radius 2 is 2.00 bits per heavy atom. The van der Waals surface area contributed by atoms with Crippen LogP contribution in [0.15, 0.2) is 42.5 Å². The highest BCUT2D eigenvalue weighted by Gasteiger charge is 2.00. The van der Waals surface area contributed by atoms with Gasteiger partial charge in [0.1, 0.15) is 12.4 Å². The number of hydrogen-bond donors (Lipinski definition) is 1. The summed E-state index contributed by atoms with van der Waals surface area (Å²) in [5, 5.41) is 0.565. The predicted molar refractivity (Wildman–Crippen MR) is 71.4 cm³/mol. The molecule has 0 amide bonds. The molecule has 0 aliphatic carbocycles. The summed E-state index contributed by atoms with van der Waals surface area (Å²) >= 11 is 5.94. The lowest BCUT2D eigenvalue weighted by Gasteiger charge is -2.08. The first-order chi connectivity index (χ1) is 8.15. The van der Waals surface area contributed by atoms with Gasteiger partial charge in [-0.05, 0) is 42.3 Å². The summed E-state index contributed by atoms with van der Waals surface area (Å²) < 4.78 is 5.67. The second kappa shape index (κ2) is 5.11. The molecule has 0 aliphatic heterocycles. The van der Waals surface area contributed by atoms with Gasteiger partial charge in [0.05, 0.1) is 10.7 Å². The number of aryl methyl sites for hydroxylation is 1. The Kier molecular flexibility index (Phi) is 3.55. The minimum Gasteiger partial charge on any atom is -0.489 e. The number of benzene rings is 2. The van der Waals surface area contributed by atoms with E-state index in [4.69, 9.17) is 22.1 Å². The lowest BCUT2D eigenvalue weighted by atomic mass is 10.2. The molecule has 0 spiro atoms. The van der Waals surface area contributed by atoms with Crippen molar-refractivity contribution in [3.8, 4) is 5.75 Å². The molecule has 2 nitrogen and oxygen atoms in total. The van der Waals surface area contributed by atoms with Crippen molar-refractivity contribution in [2.45, 2.75) is 13.5 Å². The average Bonchev–Trinajstić information content (AvgIpc) is 2.31. The van der Waals surface area contributed by atoms with Crippen LogP contribution in [0.1, 0.15) is 11.1 Å². The summed E-state index contributed by atoms with van der Waals surface area (Å²) in [6, 6.07) is 13.5. The van der Waals surface area contributed by atoms with E-state index in [9.17, 15) is 0 Å². The van der Waals surface area contributed by atoms with Crippen LogP contribution in [0.2, 0.25) is 5.02 Å². The second-order valence-corrected chi connectivity index (χ2v) is 4.37. The fourth-order valence-corrected chi connectivity index (χ4v) is 1.74. The van der Waals surface area contributed by atoms with E-state index >= 15 is 0 Å². The zero-order chi connectivity index (χ0) is 12.3. The Morgan fingerprint density at radius 3 is 2.71 bits per heavy atom. The maximum atomic E-state index is 5.94. The van der Waals surface area contributed by atoms with Gasteiger partial charge in [-0.2, -0.15) is 0 Å². The van der Waals surface area contributed by atoms with Crippen LogP contribution >= 0.6 is 11.6 Å². The molecule has 0 fully saturated rings. The maximum Gasteiger partial charge on any atom is 0.120 e. The molecule has 0 atom stereocenters. The molecule has 0 radical (unpaired) electrons. The zero-order valence-corrected chi connectivity index (χ0v) is 10.4. The van der Waals surface area contributed by atoms with Gasteiger partial charge in [-0.25, -0.2) is 0 Å². The molecule has 88 valence electrons. The van der Waals surface area contributed by atoms with Crippen LogP contribution in [0.4, 0.5) is 5.69 Å². The number of ether oxygens (including phenoxy) is 1. The van der Waals surface area contributed by atoms with Crippen LogP contribution in [0.3, 0.4) is 0 Å². The molecule has 2 rings (SSSR count). The molecular weight excluding hydrogens is 234 g/mol. The fourth-order valence-electron chi connectivity index (χ4n) is 1.53. The van der Waals surface area contributed by atoms with Gasteiger partial charge in [-0.3, -0.25) is 0 Å². The van der Waals surface area contributed by atoms with E-state index in [-0.39, 0.29) is 0 Å². The molecule has 3 heteroatoms. The van der Waals surface area contributed by atoms with Gasteiger partial charge < -0.3 is 10.5 Å². The number of halogens is 1.